The molecular weight excluding hydrogens is 231 g/mol. The van der Waals surface area contributed by atoms with Crippen LogP contribution < -0.4 is 4.74 Å². The molecule has 0 atom stereocenters. The van der Waals surface area contributed by atoms with Crippen molar-refractivity contribution >= 4 is 10.9 Å². The van der Waals surface area contributed by atoms with Gasteiger partial charge in [-0.05, 0) is 12.1 Å². The van der Waals surface area contributed by atoms with Crippen molar-refractivity contribution in [2.24, 2.45) is 0 Å². The largest absolute Gasteiger partial charge is 0.491 e. The highest BCUT2D eigenvalue weighted by Gasteiger charge is 2.26. The van der Waals surface area contributed by atoms with Crippen LogP contribution in [0, 0.1) is 0 Å². The molecule has 0 saturated carbocycles. The van der Waals surface area contributed by atoms with Crippen LogP contribution in [-0.2, 0) is 0 Å². The first kappa shape index (κ1) is 11.7. The van der Waals surface area contributed by atoms with Gasteiger partial charge in [-0.2, -0.15) is 13.2 Å². The normalized spacial score (nSPS) is 11.7. The van der Waals surface area contributed by atoms with Gasteiger partial charge in [0.15, 0.2) is 0 Å². The van der Waals surface area contributed by atoms with Crippen LogP contribution >= 0.6 is 0 Å². The maximum atomic E-state index is 12.0. The van der Waals surface area contributed by atoms with Crippen molar-refractivity contribution in [1.82, 2.24) is 4.98 Å². The molecule has 5 heteroatoms. The molecule has 0 radical (unpaired) electrons. The summed E-state index contributed by atoms with van der Waals surface area (Å²) in [5.74, 6) is 0.382. The minimum atomic E-state index is -4.20. The van der Waals surface area contributed by atoms with E-state index in [9.17, 15) is 13.2 Å². The van der Waals surface area contributed by atoms with Crippen LogP contribution in [0.15, 0.2) is 36.5 Å². The van der Waals surface area contributed by atoms with Crippen LogP contribution in [-0.4, -0.2) is 17.8 Å². The Hall–Kier alpha value is -1.78. The number of benzene rings is 1. The van der Waals surface area contributed by atoms with Gasteiger partial charge < -0.3 is 4.74 Å². The number of nitrogens with zero attached hydrogens (tertiary/aromatic N) is 1. The average Bonchev–Trinajstić information content (AvgIpc) is 2.28. The van der Waals surface area contributed by atoms with E-state index in [1.54, 1.807) is 24.4 Å². The van der Waals surface area contributed by atoms with E-state index in [0.717, 1.165) is 5.39 Å². The number of hydrogen-bond acceptors (Lipinski definition) is 2. The SMILES string of the molecule is FC(F)(F)CCOc1cccc2cccnc12. The summed E-state index contributed by atoms with van der Waals surface area (Å²) in [5, 5.41) is 0.844. The molecule has 1 heterocycles. The maximum absolute atomic E-state index is 12.0. The van der Waals surface area contributed by atoms with E-state index in [1.807, 2.05) is 12.1 Å². The molecule has 0 aliphatic carbocycles. The van der Waals surface area contributed by atoms with Crippen molar-refractivity contribution in [3.05, 3.63) is 36.5 Å². The van der Waals surface area contributed by atoms with E-state index in [4.69, 9.17) is 4.74 Å². The van der Waals surface area contributed by atoms with Gasteiger partial charge in [-0.25, -0.2) is 0 Å². The molecule has 0 saturated heterocycles. The number of fused-ring (bicyclic) bond motifs is 1. The highest BCUT2D eigenvalue weighted by Crippen LogP contribution is 2.25. The van der Waals surface area contributed by atoms with Crippen molar-refractivity contribution in [2.75, 3.05) is 6.61 Å². The van der Waals surface area contributed by atoms with Crippen LogP contribution in [0.3, 0.4) is 0 Å². The lowest BCUT2D eigenvalue weighted by molar-refractivity contribution is -0.139. The van der Waals surface area contributed by atoms with Crippen molar-refractivity contribution in [2.45, 2.75) is 12.6 Å². The average molecular weight is 241 g/mol. The zero-order valence-corrected chi connectivity index (χ0v) is 8.87. The summed E-state index contributed by atoms with van der Waals surface area (Å²) in [6.07, 6.45) is -3.58. The van der Waals surface area contributed by atoms with Crippen LogP contribution in [0.5, 0.6) is 5.75 Å². The Labute approximate surface area is 96.0 Å². The lowest BCUT2D eigenvalue weighted by Crippen LogP contribution is -2.13. The summed E-state index contributed by atoms with van der Waals surface area (Å²) in [6.45, 7) is -0.390. The number of ether oxygens (including phenoxy) is 1. The molecule has 0 aliphatic heterocycles. The first-order valence-electron chi connectivity index (χ1n) is 5.09. The van der Waals surface area contributed by atoms with Gasteiger partial charge in [0, 0.05) is 11.6 Å². The van der Waals surface area contributed by atoms with E-state index < -0.39 is 12.6 Å². The Balaban J connectivity index is 2.13. The predicted molar refractivity (Wildman–Crippen MR) is 57.9 cm³/mol. The number of hydrogen-bond donors (Lipinski definition) is 0. The Morgan fingerprint density at radius 1 is 1.12 bits per heavy atom. The van der Waals surface area contributed by atoms with E-state index in [2.05, 4.69) is 4.98 Å². The second-order valence-corrected chi connectivity index (χ2v) is 3.54. The van der Waals surface area contributed by atoms with Gasteiger partial charge in [0.05, 0.1) is 13.0 Å². The van der Waals surface area contributed by atoms with Crippen LogP contribution in [0.4, 0.5) is 13.2 Å². The van der Waals surface area contributed by atoms with Gasteiger partial charge in [-0.15, -0.1) is 0 Å². The fraction of sp³-hybridized carbons (Fsp3) is 0.250. The Morgan fingerprint density at radius 2 is 1.88 bits per heavy atom. The van der Waals surface area contributed by atoms with Crippen molar-refractivity contribution in [3.8, 4) is 5.75 Å². The Kier molecular flexibility index (Phi) is 3.17. The van der Waals surface area contributed by atoms with Crippen molar-refractivity contribution < 1.29 is 17.9 Å². The number of para-hydroxylation sites is 1. The Bertz CT molecular complexity index is 505. The smallest absolute Gasteiger partial charge is 0.392 e. The molecule has 0 unspecified atom stereocenters. The van der Waals surface area contributed by atoms with Crippen molar-refractivity contribution in [1.29, 1.82) is 0 Å². The van der Waals surface area contributed by atoms with E-state index in [1.165, 1.54) is 0 Å². The maximum Gasteiger partial charge on any atom is 0.392 e. The van der Waals surface area contributed by atoms with Crippen LogP contribution in [0.2, 0.25) is 0 Å². The minimum absolute atomic E-state index is 0.382. The van der Waals surface area contributed by atoms with E-state index in [0.29, 0.717) is 11.3 Å². The number of alkyl halides is 3. The molecule has 2 rings (SSSR count). The predicted octanol–water partition coefficient (Wildman–Crippen LogP) is 3.57. The molecule has 0 amide bonds. The number of halogens is 3. The zero-order valence-electron chi connectivity index (χ0n) is 8.87. The summed E-state index contributed by atoms with van der Waals surface area (Å²) in [5.41, 5.74) is 0.581. The second kappa shape index (κ2) is 4.61. The zero-order chi connectivity index (χ0) is 12.3. The molecule has 0 spiro atoms. The summed E-state index contributed by atoms with van der Waals surface area (Å²) in [4.78, 5) is 4.09. The highest BCUT2D eigenvalue weighted by molar-refractivity contribution is 5.84. The van der Waals surface area contributed by atoms with Gasteiger partial charge in [0.25, 0.3) is 0 Å². The van der Waals surface area contributed by atoms with Crippen LogP contribution in [0.25, 0.3) is 10.9 Å². The van der Waals surface area contributed by atoms with E-state index in [-0.39, 0.29) is 6.61 Å². The number of aromatic nitrogens is 1. The van der Waals surface area contributed by atoms with Gasteiger partial charge in [0.1, 0.15) is 11.3 Å². The standard InChI is InChI=1S/C12H10F3NO/c13-12(14,15)6-8-17-10-5-1-3-9-4-2-7-16-11(9)10/h1-5,7H,6,8H2. The first-order chi connectivity index (χ1) is 8.06. The third-order valence-corrected chi connectivity index (χ3v) is 2.24. The first-order valence-corrected chi connectivity index (χ1v) is 5.09. The lowest BCUT2D eigenvalue weighted by atomic mass is 10.2. The quantitative estimate of drug-likeness (QED) is 0.819. The number of rotatable bonds is 3. The third-order valence-electron chi connectivity index (χ3n) is 2.24. The molecule has 2 aromatic rings. The van der Waals surface area contributed by atoms with Gasteiger partial charge >= 0.3 is 6.18 Å². The molecule has 0 aliphatic rings. The molecule has 17 heavy (non-hydrogen) atoms. The molecule has 2 nitrogen and oxygen atoms in total. The number of pyridine rings is 1. The fourth-order valence-corrected chi connectivity index (χ4v) is 1.47. The monoisotopic (exact) mass is 241 g/mol. The summed E-state index contributed by atoms with van der Waals surface area (Å²) < 4.78 is 41.0. The minimum Gasteiger partial charge on any atom is -0.491 e. The second-order valence-electron chi connectivity index (χ2n) is 3.54. The molecule has 0 bridgehead atoms. The summed E-state index contributed by atoms with van der Waals surface area (Å²) in [7, 11) is 0. The van der Waals surface area contributed by atoms with Crippen LogP contribution in [0.1, 0.15) is 6.42 Å². The third kappa shape index (κ3) is 3.09. The Morgan fingerprint density at radius 3 is 2.65 bits per heavy atom. The highest BCUT2D eigenvalue weighted by atomic mass is 19.4. The molecule has 1 aromatic carbocycles. The van der Waals surface area contributed by atoms with Gasteiger partial charge in [0.2, 0.25) is 0 Å². The molecule has 0 fully saturated rings. The summed E-state index contributed by atoms with van der Waals surface area (Å²) in [6, 6.07) is 8.78. The molecule has 90 valence electrons. The van der Waals surface area contributed by atoms with Gasteiger partial charge in [-0.1, -0.05) is 18.2 Å². The van der Waals surface area contributed by atoms with E-state index >= 15 is 0 Å². The van der Waals surface area contributed by atoms with Crippen molar-refractivity contribution in [3.63, 3.8) is 0 Å². The lowest BCUT2D eigenvalue weighted by Gasteiger charge is -2.10. The molecule has 0 N–H and O–H groups in total. The molecular formula is C12H10F3NO. The van der Waals surface area contributed by atoms with Gasteiger partial charge in [-0.3, -0.25) is 4.98 Å². The summed E-state index contributed by atoms with van der Waals surface area (Å²) >= 11 is 0. The molecule has 1 aromatic heterocycles. The topological polar surface area (TPSA) is 22.1 Å². The fourth-order valence-electron chi connectivity index (χ4n) is 1.47.